The number of oxazole rings is 1. The SMILES string of the molecule is O=C(NCCc1coc(-c2ccc(F)cc2)n1)N1CCC(c2ccccc2)CC1. The molecule has 6 heteroatoms. The van der Waals surface area contributed by atoms with Crippen molar-refractivity contribution in [3.8, 4) is 11.5 Å². The van der Waals surface area contributed by atoms with E-state index in [0.29, 0.717) is 24.8 Å². The monoisotopic (exact) mass is 393 g/mol. The number of carbonyl (C=O) groups excluding carboxylic acids is 1. The summed E-state index contributed by atoms with van der Waals surface area (Å²) in [5, 5.41) is 2.97. The van der Waals surface area contributed by atoms with Crippen molar-refractivity contribution in [1.29, 1.82) is 0 Å². The number of benzene rings is 2. The lowest BCUT2D eigenvalue weighted by Gasteiger charge is -2.32. The molecule has 2 amide bonds. The summed E-state index contributed by atoms with van der Waals surface area (Å²) in [7, 11) is 0. The molecule has 2 aromatic carbocycles. The molecule has 0 bridgehead atoms. The van der Waals surface area contributed by atoms with Crippen molar-refractivity contribution in [3.63, 3.8) is 0 Å². The fourth-order valence-electron chi connectivity index (χ4n) is 3.70. The molecule has 3 aromatic rings. The first-order valence-corrected chi connectivity index (χ1v) is 9.97. The van der Waals surface area contributed by atoms with Gasteiger partial charge in [0.1, 0.15) is 12.1 Å². The van der Waals surface area contributed by atoms with Crippen LogP contribution >= 0.6 is 0 Å². The highest BCUT2D eigenvalue weighted by Crippen LogP contribution is 2.27. The van der Waals surface area contributed by atoms with Crippen LogP contribution in [0.25, 0.3) is 11.5 Å². The highest BCUT2D eigenvalue weighted by Gasteiger charge is 2.23. The van der Waals surface area contributed by atoms with Gasteiger partial charge in [0.2, 0.25) is 5.89 Å². The van der Waals surface area contributed by atoms with Gasteiger partial charge in [0, 0.05) is 31.6 Å². The Morgan fingerprint density at radius 1 is 1.10 bits per heavy atom. The van der Waals surface area contributed by atoms with Crippen molar-refractivity contribution < 1.29 is 13.6 Å². The minimum Gasteiger partial charge on any atom is -0.444 e. The zero-order valence-electron chi connectivity index (χ0n) is 16.2. The number of hydrogen-bond donors (Lipinski definition) is 1. The number of aromatic nitrogens is 1. The van der Waals surface area contributed by atoms with Crippen LogP contribution in [-0.2, 0) is 6.42 Å². The van der Waals surface area contributed by atoms with Gasteiger partial charge in [0.15, 0.2) is 0 Å². The first-order valence-electron chi connectivity index (χ1n) is 9.97. The van der Waals surface area contributed by atoms with E-state index in [0.717, 1.165) is 37.2 Å². The number of carbonyl (C=O) groups is 1. The molecule has 5 nitrogen and oxygen atoms in total. The number of urea groups is 1. The number of amides is 2. The van der Waals surface area contributed by atoms with Crippen molar-refractivity contribution in [1.82, 2.24) is 15.2 Å². The molecule has 1 saturated heterocycles. The molecule has 0 saturated carbocycles. The van der Waals surface area contributed by atoms with Gasteiger partial charge in [0.05, 0.1) is 5.69 Å². The molecule has 1 N–H and O–H groups in total. The van der Waals surface area contributed by atoms with Crippen molar-refractivity contribution in [3.05, 3.63) is 77.9 Å². The molecule has 0 unspecified atom stereocenters. The average Bonchev–Trinajstić information content (AvgIpc) is 3.24. The fourth-order valence-corrected chi connectivity index (χ4v) is 3.70. The summed E-state index contributed by atoms with van der Waals surface area (Å²) in [6, 6.07) is 16.5. The van der Waals surface area contributed by atoms with E-state index >= 15 is 0 Å². The normalized spacial score (nSPS) is 14.7. The van der Waals surface area contributed by atoms with Gasteiger partial charge in [-0.1, -0.05) is 30.3 Å². The van der Waals surface area contributed by atoms with E-state index in [-0.39, 0.29) is 11.8 Å². The molecule has 1 aliphatic heterocycles. The quantitative estimate of drug-likeness (QED) is 0.689. The number of hydrogen-bond acceptors (Lipinski definition) is 3. The number of likely N-dealkylation sites (tertiary alicyclic amines) is 1. The van der Waals surface area contributed by atoms with Crippen molar-refractivity contribution in [2.45, 2.75) is 25.2 Å². The smallest absolute Gasteiger partial charge is 0.317 e. The summed E-state index contributed by atoms with van der Waals surface area (Å²) >= 11 is 0. The first kappa shape index (κ1) is 19.2. The van der Waals surface area contributed by atoms with Gasteiger partial charge in [-0.3, -0.25) is 0 Å². The first-order chi connectivity index (χ1) is 14.2. The van der Waals surface area contributed by atoms with Crippen LogP contribution in [0.4, 0.5) is 9.18 Å². The molecule has 29 heavy (non-hydrogen) atoms. The zero-order chi connectivity index (χ0) is 20.1. The van der Waals surface area contributed by atoms with Crippen LogP contribution in [0.15, 0.2) is 65.3 Å². The predicted octanol–water partition coefficient (Wildman–Crippen LogP) is 4.61. The Morgan fingerprint density at radius 3 is 2.55 bits per heavy atom. The summed E-state index contributed by atoms with van der Waals surface area (Å²) in [4.78, 5) is 18.7. The third kappa shape index (κ3) is 4.83. The van der Waals surface area contributed by atoms with Gasteiger partial charge in [-0.15, -0.1) is 0 Å². The maximum atomic E-state index is 13.0. The largest absolute Gasteiger partial charge is 0.444 e. The third-order valence-corrected chi connectivity index (χ3v) is 5.35. The number of piperidine rings is 1. The van der Waals surface area contributed by atoms with Gasteiger partial charge in [0.25, 0.3) is 0 Å². The molecule has 0 radical (unpaired) electrons. The second-order valence-corrected chi connectivity index (χ2v) is 7.30. The van der Waals surface area contributed by atoms with Gasteiger partial charge in [-0.05, 0) is 48.6 Å². The minimum atomic E-state index is -0.295. The Morgan fingerprint density at radius 2 is 1.83 bits per heavy atom. The maximum absolute atomic E-state index is 13.0. The number of rotatable bonds is 5. The van der Waals surface area contributed by atoms with E-state index < -0.39 is 0 Å². The second-order valence-electron chi connectivity index (χ2n) is 7.30. The lowest BCUT2D eigenvalue weighted by Crippen LogP contribution is -2.44. The highest BCUT2D eigenvalue weighted by atomic mass is 19.1. The summed E-state index contributed by atoms with van der Waals surface area (Å²) in [5.41, 5.74) is 2.84. The molecule has 0 aliphatic carbocycles. The molecule has 2 heterocycles. The molecule has 0 spiro atoms. The van der Waals surface area contributed by atoms with Crippen molar-refractivity contribution in [2.75, 3.05) is 19.6 Å². The second kappa shape index (κ2) is 8.90. The van der Waals surface area contributed by atoms with Crippen molar-refractivity contribution in [2.24, 2.45) is 0 Å². The van der Waals surface area contributed by atoms with Gasteiger partial charge >= 0.3 is 6.03 Å². The molecule has 1 fully saturated rings. The lowest BCUT2D eigenvalue weighted by atomic mass is 9.90. The number of nitrogens with zero attached hydrogens (tertiary/aromatic N) is 2. The zero-order valence-corrected chi connectivity index (χ0v) is 16.2. The van der Waals surface area contributed by atoms with E-state index in [1.807, 2.05) is 11.0 Å². The molecule has 150 valence electrons. The van der Waals surface area contributed by atoms with Crippen molar-refractivity contribution >= 4 is 6.03 Å². The van der Waals surface area contributed by atoms with E-state index in [1.54, 1.807) is 18.4 Å². The topological polar surface area (TPSA) is 58.4 Å². The van der Waals surface area contributed by atoms with E-state index in [1.165, 1.54) is 17.7 Å². The maximum Gasteiger partial charge on any atom is 0.317 e. The van der Waals surface area contributed by atoms with Crippen LogP contribution in [0.1, 0.15) is 30.0 Å². The minimum absolute atomic E-state index is 0.0289. The fraction of sp³-hybridized carbons (Fsp3) is 0.304. The Kier molecular flexibility index (Phi) is 5.89. The highest BCUT2D eigenvalue weighted by molar-refractivity contribution is 5.74. The standard InChI is InChI=1S/C23H24FN3O2/c24-20-8-6-19(7-9-20)22-26-21(16-29-22)10-13-25-23(28)27-14-11-18(12-15-27)17-4-2-1-3-5-17/h1-9,16,18H,10-15H2,(H,25,28). The van der Waals surface area contributed by atoms with E-state index in [4.69, 9.17) is 4.42 Å². The van der Waals surface area contributed by atoms with Crippen LogP contribution in [0.3, 0.4) is 0 Å². The number of halogens is 1. The molecule has 1 aromatic heterocycles. The molecular formula is C23H24FN3O2. The molecular weight excluding hydrogens is 369 g/mol. The molecule has 0 atom stereocenters. The van der Waals surface area contributed by atoms with Gasteiger partial charge in [-0.2, -0.15) is 0 Å². The lowest BCUT2D eigenvalue weighted by molar-refractivity contribution is 0.181. The van der Waals surface area contributed by atoms with Gasteiger partial charge in [-0.25, -0.2) is 14.2 Å². The third-order valence-electron chi connectivity index (χ3n) is 5.35. The summed E-state index contributed by atoms with van der Waals surface area (Å²) in [6.07, 6.45) is 4.14. The summed E-state index contributed by atoms with van der Waals surface area (Å²) in [6.45, 7) is 2.03. The van der Waals surface area contributed by atoms with Crippen LogP contribution in [0.2, 0.25) is 0 Å². The summed E-state index contributed by atoms with van der Waals surface area (Å²) in [5.74, 6) is 0.686. The summed E-state index contributed by atoms with van der Waals surface area (Å²) < 4.78 is 18.5. The van der Waals surface area contributed by atoms with E-state index in [2.05, 4.69) is 34.6 Å². The van der Waals surface area contributed by atoms with Crippen LogP contribution in [-0.4, -0.2) is 35.5 Å². The average molecular weight is 393 g/mol. The molecule has 4 rings (SSSR count). The van der Waals surface area contributed by atoms with Crippen LogP contribution in [0, 0.1) is 5.82 Å². The Balaban J connectivity index is 1.22. The van der Waals surface area contributed by atoms with Crippen LogP contribution in [0.5, 0.6) is 0 Å². The number of nitrogens with one attached hydrogen (secondary N) is 1. The Bertz CT molecular complexity index is 932. The van der Waals surface area contributed by atoms with Gasteiger partial charge < -0.3 is 14.6 Å². The van der Waals surface area contributed by atoms with Crippen LogP contribution < -0.4 is 5.32 Å². The Labute approximate surface area is 169 Å². The predicted molar refractivity (Wildman–Crippen MR) is 109 cm³/mol. The Hall–Kier alpha value is -3.15. The molecule has 1 aliphatic rings. The van der Waals surface area contributed by atoms with E-state index in [9.17, 15) is 9.18 Å².